The van der Waals surface area contributed by atoms with Crippen LogP contribution in [0.2, 0.25) is 0 Å². The quantitative estimate of drug-likeness (QED) is 0.859. The molecule has 0 amide bonds. The van der Waals surface area contributed by atoms with Gasteiger partial charge in [0, 0.05) is 16.7 Å². The van der Waals surface area contributed by atoms with E-state index in [2.05, 4.69) is 41.7 Å². The minimum atomic E-state index is -0.287. The Labute approximate surface area is 129 Å². The van der Waals surface area contributed by atoms with Gasteiger partial charge in [0.05, 0.1) is 0 Å². The number of nitrogens with one attached hydrogen (secondary N) is 1. The molecule has 0 aliphatic carbocycles. The van der Waals surface area contributed by atoms with Gasteiger partial charge in [0.1, 0.15) is 6.29 Å². The highest BCUT2D eigenvalue weighted by molar-refractivity contribution is 5.96. The number of benzene rings is 2. The molecule has 4 nitrogen and oxygen atoms in total. The zero-order valence-electron chi connectivity index (χ0n) is 12.5. The molecule has 22 heavy (non-hydrogen) atoms. The average Bonchev–Trinajstić information content (AvgIpc) is 3.06. The number of hydrazone groups is 1. The predicted octanol–water partition coefficient (Wildman–Crippen LogP) is 3.43. The SMILES string of the molecule is CCCc1ccc(C2NN=C(c3cccc(C=O)c3)O2)cc1. The molecule has 0 fully saturated rings. The van der Waals surface area contributed by atoms with Crippen LogP contribution in [-0.2, 0) is 11.2 Å². The van der Waals surface area contributed by atoms with Crippen LogP contribution in [0.4, 0.5) is 0 Å². The molecule has 0 saturated heterocycles. The molecule has 0 spiro atoms. The maximum Gasteiger partial charge on any atom is 0.240 e. The summed E-state index contributed by atoms with van der Waals surface area (Å²) < 4.78 is 5.86. The molecule has 0 bridgehead atoms. The highest BCUT2D eigenvalue weighted by atomic mass is 16.5. The van der Waals surface area contributed by atoms with E-state index in [4.69, 9.17) is 4.74 Å². The van der Waals surface area contributed by atoms with Crippen molar-refractivity contribution in [2.75, 3.05) is 0 Å². The maximum absolute atomic E-state index is 10.8. The van der Waals surface area contributed by atoms with Crippen molar-refractivity contribution in [1.82, 2.24) is 5.43 Å². The lowest BCUT2D eigenvalue weighted by molar-refractivity contribution is 0.112. The van der Waals surface area contributed by atoms with Gasteiger partial charge in [-0.15, -0.1) is 5.10 Å². The molecule has 1 unspecified atom stereocenters. The molecule has 1 aliphatic rings. The fourth-order valence-electron chi connectivity index (χ4n) is 2.45. The first-order valence-corrected chi connectivity index (χ1v) is 7.44. The van der Waals surface area contributed by atoms with Gasteiger partial charge in [0.25, 0.3) is 0 Å². The van der Waals surface area contributed by atoms with Crippen LogP contribution in [0.15, 0.2) is 53.6 Å². The summed E-state index contributed by atoms with van der Waals surface area (Å²) in [7, 11) is 0. The van der Waals surface area contributed by atoms with Gasteiger partial charge in [-0.25, -0.2) is 0 Å². The molecule has 0 aromatic heterocycles. The molecular weight excluding hydrogens is 276 g/mol. The van der Waals surface area contributed by atoms with Crippen LogP contribution in [-0.4, -0.2) is 12.2 Å². The van der Waals surface area contributed by atoms with E-state index in [1.807, 2.05) is 12.1 Å². The lowest BCUT2D eigenvalue weighted by atomic mass is 10.1. The van der Waals surface area contributed by atoms with Gasteiger partial charge in [-0.2, -0.15) is 0 Å². The van der Waals surface area contributed by atoms with Crippen molar-refractivity contribution in [2.24, 2.45) is 5.10 Å². The third kappa shape index (κ3) is 3.01. The first-order chi connectivity index (χ1) is 10.8. The van der Waals surface area contributed by atoms with E-state index in [1.54, 1.807) is 12.1 Å². The Kier molecular flexibility index (Phi) is 4.19. The zero-order chi connectivity index (χ0) is 15.4. The first-order valence-electron chi connectivity index (χ1n) is 7.44. The molecule has 112 valence electrons. The second-order valence-corrected chi connectivity index (χ2v) is 5.28. The topological polar surface area (TPSA) is 50.7 Å². The summed E-state index contributed by atoms with van der Waals surface area (Å²) in [5.41, 5.74) is 6.74. The van der Waals surface area contributed by atoms with Crippen LogP contribution in [0.5, 0.6) is 0 Å². The Morgan fingerprint density at radius 2 is 2.05 bits per heavy atom. The largest absolute Gasteiger partial charge is 0.446 e. The second-order valence-electron chi connectivity index (χ2n) is 5.28. The van der Waals surface area contributed by atoms with Crippen LogP contribution >= 0.6 is 0 Å². The minimum absolute atomic E-state index is 0.287. The molecule has 1 atom stereocenters. The second kappa shape index (κ2) is 6.43. The summed E-state index contributed by atoms with van der Waals surface area (Å²) in [5, 5.41) is 4.23. The number of carbonyl (C=O) groups excluding carboxylic acids is 1. The summed E-state index contributed by atoms with van der Waals surface area (Å²) in [6, 6.07) is 15.6. The van der Waals surface area contributed by atoms with E-state index >= 15 is 0 Å². The third-order valence-electron chi connectivity index (χ3n) is 3.60. The van der Waals surface area contributed by atoms with Crippen LogP contribution < -0.4 is 5.43 Å². The van der Waals surface area contributed by atoms with E-state index in [0.29, 0.717) is 11.5 Å². The van der Waals surface area contributed by atoms with Gasteiger partial charge in [-0.3, -0.25) is 10.2 Å². The molecule has 0 radical (unpaired) electrons. The normalized spacial score (nSPS) is 16.6. The molecule has 2 aromatic rings. The number of aldehydes is 1. The third-order valence-corrected chi connectivity index (χ3v) is 3.60. The number of aryl methyl sites for hydroxylation is 1. The van der Waals surface area contributed by atoms with E-state index in [-0.39, 0.29) is 6.23 Å². The zero-order valence-corrected chi connectivity index (χ0v) is 12.5. The van der Waals surface area contributed by atoms with Crippen molar-refractivity contribution >= 4 is 12.2 Å². The fraction of sp³-hybridized carbons (Fsp3) is 0.222. The lowest BCUT2D eigenvalue weighted by Crippen LogP contribution is -2.12. The molecule has 1 aliphatic heterocycles. The number of nitrogens with zero attached hydrogens (tertiary/aromatic N) is 1. The Hall–Kier alpha value is -2.62. The monoisotopic (exact) mass is 294 g/mol. The molecule has 0 saturated carbocycles. The van der Waals surface area contributed by atoms with Gasteiger partial charge in [-0.05, 0) is 24.1 Å². The molecule has 1 heterocycles. The number of hydrogen-bond acceptors (Lipinski definition) is 4. The predicted molar refractivity (Wildman–Crippen MR) is 85.8 cm³/mol. The Balaban J connectivity index is 1.71. The van der Waals surface area contributed by atoms with Crippen molar-refractivity contribution in [3.63, 3.8) is 0 Å². The van der Waals surface area contributed by atoms with E-state index in [9.17, 15) is 4.79 Å². The first kappa shape index (κ1) is 14.3. The van der Waals surface area contributed by atoms with E-state index in [1.165, 1.54) is 5.56 Å². The van der Waals surface area contributed by atoms with Crippen LogP contribution in [0.25, 0.3) is 0 Å². The van der Waals surface area contributed by atoms with Crippen molar-refractivity contribution in [2.45, 2.75) is 26.0 Å². The van der Waals surface area contributed by atoms with Crippen molar-refractivity contribution in [3.05, 3.63) is 70.8 Å². The summed E-state index contributed by atoms with van der Waals surface area (Å²) in [4.78, 5) is 10.8. The Bertz CT molecular complexity index is 692. The maximum atomic E-state index is 10.8. The number of hydrogen-bond donors (Lipinski definition) is 1. The summed E-state index contributed by atoms with van der Waals surface area (Å²) in [5.74, 6) is 0.506. The van der Waals surface area contributed by atoms with Gasteiger partial charge in [-0.1, -0.05) is 49.7 Å². The van der Waals surface area contributed by atoms with Crippen LogP contribution in [0.1, 0.15) is 46.6 Å². The number of ether oxygens (including phenoxy) is 1. The van der Waals surface area contributed by atoms with Crippen LogP contribution in [0, 0.1) is 0 Å². The van der Waals surface area contributed by atoms with Gasteiger partial charge >= 0.3 is 0 Å². The summed E-state index contributed by atoms with van der Waals surface area (Å²) in [6.07, 6.45) is 2.75. The Morgan fingerprint density at radius 1 is 1.23 bits per heavy atom. The average molecular weight is 294 g/mol. The summed E-state index contributed by atoms with van der Waals surface area (Å²) in [6.45, 7) is 2.17. The van der Waals surface area contributed by atoms with E-state index in [0.717, 1.165) is 30.3 Å². The smallest absolute Gasteiger partial charge is 0.240 e. The lowest BCUT2D eigenvalue weighted by Gasteiger charge is -2.12. The minimum Gasteiger partial charge on any atom is -0.446 e. The summed E-state index contributed by atoms with van der Waals surface area (Å²) >= 11 is 0. The van der Waals surface area contributed by atoms with E-state index < -0.39 is 0 Å². The highest BCUT2D eigenvalue weighted by Crippen LogP contribution is 2.22. The number of rotatable bonds is 5. The fourth-order valence-corrected chi connectivity index (χ4v) is 2.45. The van der Waals surface area contributed by atoms with Crippen LogP contribution in [0.3, 0.4) is 0 Å². The van der Waals surface area contributed by atoms with Gasteiger partial charge in [0.15, 0.2) is 0 Å². The Morgan fingerprint density at radius 3 is 2.77 bits per heavy atom. The molecular formula is C18H18N2O2. The van der Waals surface area contributed by atoms with Gasteiger partial charge in [0.2, 0.25) is 12.1 Å². The van der Waals surface area contributed by atoms with Crippen molar-refractivity contribution in [3.8, 4) is 0 Å². The number of carbonyl (C=O) groups is 1. The van der Waals surface area contributed by atoms with Gasteiger partial charge < -0.3 is 4.74 Å². The standard InChI is InChI=1S/C18H18N2O2/c1-2-4-13-7-9-15(10-8-13)17-19-20-18(22-17)16-6-3-5-14(11-16)12-21/h3,5-12,17,19H,2,4H2,1H3. The molecule has 3 rings (SSSR count). The van der Waals surface area contributed by atoms with Crippen molar-refractivity contribution < 1.29 is 9.53 Å². The molecule has 1 N–H and O–H groups in total. The van der Waals surface area contributed by atoms with Crippen molar-refractivity contribution in [1.29, 1.82) is 0 Å². The molecule has 2 aromatic carbocycles. The molecule has 4 heteroatoms. The highest BCUT2D eigenvalue weighted by Gasteiger charge is 2.22.